The summed E-state index contributed by atoms with van der Waals surface area (Å²) in [6.45, 7) is 0. The van der Waals surface area contributed by atoms with Crippen LogP contribution in [0.25, 0.3) is 0 Å². The van der Waals surface area contributed by atoms with Gasteiger partial charge in [-0.3, -0.25) is 0 Å². The van der Waals surface area contributed by atoms with Gasteiger partial charge in [-0.1, -0.05) is 6.07 Å². The van der Waals surface area contributed by atoms with Crippen molar-refractivity contribution in [1.29, 1.82) is 0 Å². The summed E-state index contributed by atoms with van der Waals surface area (Å²) in [6.07, 6.45) is 0. The van der Waals surface area contributed by atoms with Gasteiger partial charge >= 0.3 is 0 Å². The molecule has 1 aromatic heterocycles. The maximum absolute atomic E-state index is 8.65. The van der Waals surface area contributed by atoms with Gasteiger partial charge in [0.05, 0.1) is 0 Å². The highest BCUT2D eigenvalue weighted by atomic mass is 35.5. The molecule has 8 heteroatoms. The van der Waals surface area contributed by atoms with E-state index in [1.54, 1.807) is 6.07 Å². The summed E-state index contributed by atoms with van der Waals surface area (Å²) >= 11 is 16.0. The zero-order valence-electron chi connectivity index (χ0n) is 8.18. The van der Waals surface area contributed by atoms with E-state index in [0.29, 0.717) is 0 Å². The van der Waals surface area contributed by atoms with E-state index >= 15 is 0 Å². The number of aromatic nitrogens is 3. The zero-order valence-corrected chi connectivity index (χ0v) is 10.4. The summed E-state index contributed by atoms with van der Waals surface area (Å²) in [6, 6.07) is 5.85. The van der Waals surface area contributed by atoms with E-state index in [4.69, 9.17) is 45.0 Å². The van der Waals surface area contributed by atoms with Crippen molar-refractivity contribution < 1.29 is 10.2 Å². The van der Waals surface area contributed by atoms with Crippen molar-refractivity contribution in [3.05, 3.63) is 40.1 Å². The highest BCUT2D eigenvalue weighted by Gasteiger charge is 1.97. The van der Waals surface area contributed by atoms with E-state index < -0.39 is 0 Å². The van der Waals surface area contributed by atoms with Crippen molar-refractivity contribution in [2.24, 2.45) is 0 Å². The molecule has 0 saturated heterocycles. The lowest BCUT2D eigenvalue weighted by Crippen LogP contribution is -1.87. The number of halogens is 3. The molecular weight excluding hydrogens is 288 g/mol. The minimum atomic E-state index is 0.000000000000000444. The van der Waals surface area contributed by atoms with Crippen molar-refractivity contribution in [2.45, 2.75) is 0 Å². The molecule has 2 aromatic rings. The predicted molar refractivity (Wildman–Crippen MR) is 64.6 cm³/mol. The first-order valence-electron chi connectivity index (χ1n) is 4.18. The molecule has 0 atom stereocenters. The van der Waals surface area contributed by atoms with Crippen LogP contribution in [0.1, 0.15) is 0 Å². The third kappa shape index (κ3) is 5.53. The normalized spacial score (nSPS) is 9.35. The quantitative estimate of drug-likeness (QED) is 0.781. The molecule has 0 saturated carbocycles. The lowest BCUT2D eigenvalue weighted by Gasteiger charge is -1.89. The average Bonchev–Trinajstić information content (AvgIpc) is 2.15. The zero-order chi connectivity index (χ0) is 12.8. The summed E-state index contributed by atoms with van der Waals surface area (Å²) in [4.78, 5) is 10.4. The van der Waals surface area contributed by atoms with E-state index in [1.807, 2.05) is 0 Å². The van der Waals surface area contributed by atoms with Crippen molar-refractivity contribution >= 4 is 34.8 Å². The number of aromatic hydroxyl groups is 2. The maximum Gasteiger partial charge on any atom is 0.227 e. The molecule has 17 heavy (non-hydrogen) atoms. The predicted octanol–water partition coefficient (Wildman–Crippen LogP) is 2.93. The Balaban J connectivity index is 0.000000171. The average molecular weight is 295 g/mol. The summed E-state index contributed by atoms with van der Waals surface area (Å²) in [5.41, 5.74) is 0. The maximum atomic E-state index is 8.65. The summed E-state index contributed by atoms with van der Waals surface area (Å²) in [5, 5.41) is 17.3. The lowest BCUT2D eigenvalue weighted by atomic mass is 10.3. The number of hydrogen-bond acceptors (Lipinski definition) is 5. The number of phenols is 2. The fourth-order valence-electron chi connectivity index (χ4n) is 0.796. The number of benzene rings is 1. The Morgan fingerprint density at radius 2 is 1.12 bits per heavy atom. The van der Waals surface area contributed by atoms with Crippen molar-refractivity contribution in [3.63, 3.8) is 0 Å². The number of rotatable bonds is 0. The third-order valence-corrected chi connectivity index (χ3v) is 1.89. The van der Waals surface area contributed by atoms with Crippen LogP contribution in [0.15, 0.2) is 24.3 Å². The lowest BCUT2D eigenvalue weighted by molar-refractivity contribution is 0.450. The Morgan fingerprint density at radius 1 is 0.765 bits per heavy atom. The first-order chi connectivity index (χ1) is 7.97. The SMILES string of the molecule is Clc1nc(Cl)nc(Cl)n1.Oc1cccc(O)c1. The Hall–Kier alpha value is -1.30. The molecule has 0 bridgehead atoms. The van der Waals surface area contributed by atoms with Gasteiger partial charge in [-0.2, -0.15) is 15.0 Å². The van der Waals surface area contributed by atoms with Crippen molar-refractivity contribution in [1.82, 2.24) is 15.0 Å². The van der Waals surface area contributed by atoms with Gasteiger partial charge in [0.2, 0.25) is 15.9 Å². The van der Waals surface area contributed by atoms with Crippen LogP contribution in [0, 0.1) is 0 Å². The van der Waals surface area contributed by atoms with Crippen LogP contribution >= 0.6 is 34.8 Å². The van der Waals surface area contributed by atoms with Crippen LogP contribution in [0.4, 0.5) is 0 Å². The molecule has 0 amide bonds. The molecule has 0 spiro atoms. The molecule has 2 rings (SSSR count). The second kappa shape index (κ2) is 6.44. The Morgan fingerprint density at radius 3 is 1.35 bits per heavy atom. The topological polar surface area (TPSA) is 79.1 Å². The van der Waals surface area contributed by atoms with Crippen LogP contribution in [0.3, 0.4) is 0 Å². The molecule has 0 radical (unpaired) electrons. The van der Waals surface area contributed by atoms with Gasteiger partial charge < -0.3 is 10.2 Å². The molecule has 1 heterocycles. The van der Waals surface area contributed by atoms with Gasteiger partial charge in [-0.25, -0.2) is 0 Å². The van der Waals surface area contributed by atoms with Crippen molar-refractivity contribution in [2.75, 3.05) is 0 Å². The molecular formula is C9H6Cl3N3O2. The number of nitrogens with zero attached hydrogens (tertiary/aromatic N) is 3. The van der Waals surface area contributed by atoms with E-state index in [0.717, 1.165) is 0 Å². The minimum absolute atomic E-state index is 0.000000000000000444. The molecule has 90 valence electrons. The highest BCUT2D eigenvalue weighted by Crippen LogP contribution is 2.14. The Bertz CT molecular complexity index is 443. The second-order valence-corrected chi connectivity index (χ2v) is 3.68. The second-order valence-electron chi connectivity index (χ2n) is 2.66. The summed E-state index contributed by atoms with van der Waals surface area (Å²) in [5.74, 6) is 0.176. The number of hydrogen-bond donors (Lipinski definition) is 2. The van der Waals surface area contributed by atoms with Crippen LogP contribution < -0.4 is 0 Å². The van der Waals surface area contributed by atoms with Crippen LogP contribution in [0.5, 0.6) is 11.5 Å². The van der Waals surface area contributed by atoms with E-state index in [9.17, 15) is 0 Å². The van der Waals surface area contributed by atoms with Crippen molar-refractivity contribution in [3.8, 4) is 11.5 Å². The van der Waals surface area contributed by atoms with Crippen LogP contribution in [-0.2, 0) is 0 Å². The minimum Gasteiger partial charge on any atom is -0.508 e. The monoisotopic (exact) mass is 293 g/mol. The number of phenolic OH excluding ortho intramolecular Hbond substituents is 2. The van der Waals surface area contributed by atoms with Gasteiger partial charge in [0, 0.05) is 6.07 Å². The fourth-order valence-corrected chi connectivity index (χ4v) is 1.41. The third-order valence-electron chi connectivity index (χ3n) is 1.38. The Kier molecular flexibility index (Phi) is 5.21. The molecule has 0 aliphatic rings. The molecule has 0 unspecified atom stereocenters. The first-order valence-corrected chi connectivity index (χ1v) is 5.31. The van der Waals surface area contributed by atoms with E-state index in [1.165, 1.54) is 18.2 Å². The van der Waals surface area contributed by atoms with Gasteiger partial charge in [-0.05, 0) is 46.9 Å². The van der Waals surface area contributed by atoms with E-state index in [-0.39, 0.29) is 27.3 Å². The molecule has 2 N–H and O–H groups in total. The molecule has 5 nitrogen and oxygen atoms in total. The van der Waals surface area contributed by atoms with Crippen LogP contribution in [-0.4, -0.2) is 25.2 Å². The molecule has 1 aromatic carbocycles. The smallest absolute Gasteiger partial charge is 0.227 e. The standard InChI is InChI=1S/C6H6O2.C3Cl3N3/c7-5-2-1-3-6(8)4-5;4-1-7-2(5)9-3(6)8-1/h1-4,7-8H;. The Labute approximate surface area is 112 Å². The molecule has 0 aliphatic carbocycles. The largest absolute Gasteiger partial charge is 0.508 e. The van der Waals surface area contributed by atoms with Gasteiger partial charge in [0.1, 0.15) is 11.5 Å². The van der Waals surface area contributed by atoms with E-state index in [2.05, 4.69) is 15.0 Å². The molecule has 0 aliphatic heterocycles. The summed E-state index contributed by atoms with van der Waals surface area (Å²) < 4.78 is 0. The van der Waals surface area contributed by atoms with Gasteiger partial charge in [-0.15, -0.1) is 0 Å². The molecule has 0 fully saturated rings. The highest BCUT2D eigenvalue weighted by molar-refractivity contribution is 6.33. The summed E-state index contributed by atoms with van der Waals surface area (Å²) in [7, 11) is 0. The van der Waals surface area contributed by atoms with Gasteiger partial charge in [0.15, 0.2) is 0 Å². The fraction of sp³-hybridized carbons (Fsp3) is 0. The van der Waals surface area contributed by atoms with Crippen LogP contribution in [0.2, 0.25) is 15.9 Å². The van der Waals surface area contributed by atoms with Gasteiger partial charge in [0.25, 0.3) is 0 Å². The first kappa shape index (κ1) is 13.8.